The second-order valence-electron chi connectivity index (χ2n) is 12.1. The van der Waals surface area contributed by atoms with Crippen molar-refractivity contribution in [3.05, 3.63) is 82.6 Å². The number of amides is 1. The number of nitrogens with one attached hydrogen (secondary N) is 1. The van der Waals surface area contributed by atoms with Gasteiger partial charge in [-0.25, -0.2) is 13.8 Å². The maximum absolute atomic E-state index is 15.0. The molecule has 0 saturated carbocycles. The van der Waals surface area contributed by atoms with Gasteiger partial charge in [0.25, 0.3) is 5.91 Å². The second-order valence-corrected chi connectivity index (χ2v) is 13.2. The van der Waals surface area contributed by atoms with Crippen molar-refractivity contribution in [3.8, 4) is 10.6 Å². The SMILES string of the molecule is C=Cc1ccc(F)cc1-c1nc([C@H](N(C[C@@H]2CNC[C@@H]2F)C(=O)C2CCCO2)C(C)(C)C)c(Cc2ccccc2)s1. The van der Waals surface area contributed by atoms with Crippen molar-refractivity contribution in [2.75, 3.05) is 26.2 Å². The monoisotopic (exact) mass is 579 g/mol. The molecule has 1 N–H and O–H groups in total. The van der Waals surface area contributed by atoms with Crippen molar-refractivity contribution >= 4 is 23.3 Å². The molecule has 1 amide bonds. The molecule has 1 unspecified atom stereocenters. The maximum Gasteiger partial charge on any atom is 0.252 e. The summed E-state index contributed by atoms with van der Waals surface area (Å²) >= 11 is 1.51. The van der Waals surface area contributed by atoms with Gasteiger partial charge in [-0.1, -0.05) is 69.8 Å². The zero-order valence-corrected chi connectivity index (χ0v) is 24.9. The van der Waals surface area contributed by atoms with E-state index in [0.29, 0.717) is 36.6 Å². The molecule has 3 aromatic rings. The van der Waals surface area contributed by atoms with Gasteiger partial charge in [-0.05, 0) is 41.5 Å². The predicted molar refractivity (Wildman–Crippen MR) is 161 cm³/mol. The van der Waals surface area contributed by atoms with Gasteiger partial charge < -0.3 is 15.0 Å². The van der Waals surface area contributed by atoms with Gasteiger partial charge in [-0.15, -0.1) is 11.3 Å². The molecule has 5 nitrogen and oxygen atoms in total. The number of thiazole rings is 1. The Balaban J connectivity index is 1.66. The molecule has 3 heterocycles. The van der Waals surface area contributed by atoms with E-state index in [1.54, 1.807) is 12.1 Å². The summed E-state index contributed by atoms with van der Waals surface area (Å²) in [6.07, 6.45) is 2.21. The van der Waals surface area contributed by atoms with E-state index in [0.717, 1.165) is 28.1 Å². The van der Waals surface area contributed by atoms with Gasteiger partial charge in [0.1, 0.15) is 23.1 Å². The first kappa shape index (κ1) is 29.5. The van der Waals surface area contributed by atoms with Crippen LogP contribution < -0.4 is 5.32 Å². The van der Waals surface area contributed by atoms with Gasteiger partial charge in [-0.2, -0.15) is 0 Å². The fraction of sp³-hybridized carbons (Fsp3) is 0.455. The van der Waals surface area contributed by atoms with Gasteiger partial charge in [0.2, 0.25) is 0 Å². The van der Waals surface area contributed by atoms with Crippen LogP contribution in [0.2, 0.25) is 0 Å². The molecule has 2 fully saturated rings. The lowest BCUT2D eigenvalue weighted by Crippen LogP contribution is -2.49. The third-order valence-electron chi connectivity index (χ3n) is 7.97. The zero-order valence-electron chi connectivity index (χ0n) is 24.0. The average Bonchev–Trinajstić information content (AvgIpc) is 3.70. The van der Waals surface area contributed by atoms with Crippen LogP contribution in [0.4, 0.5) is 8.78 Å². The van der Waals surface area contributed by atoms with Gasteiger partial charge in [0.15, 0.2) is 0 Å². The molecule has 218 valence electrons. The maximum atomic E-state index is 15.0. The van der Waals surface area contributed by atoms with Crippen LogP contribution in [0.1, 0.15) is 61.4 Å². The molecule has 2 saturated heterocycles. The minimum absolute atomic E-state index is 0.112. The van der Waals surface area contributed by atoms with Gasteiger partial charge in [0, 0.05) is 49.0 Å². The molecule has 2 aliphatic rings. The highest BCUT2D eigenvalue weighted by atomic mass is 32.1. The zero-order chi connectivity index (χ0) is 29.1. The van der Waals surface area contributed by atoms with Crippen molar-refractivity contribution in [3.63, 3.8) is 0 Å². The Morgan fingerprint density at radius 3 is 2.66 bits per heavy atom. The molecule has 0 spiro atoms. The standard InChI is InChI=1S/C33H39F2N3O2S/c1-5-22-13-14-24(34)17-25(22)31-37-29(28(41-31)16-21-10-7-6-8-11-21)30(33(2,3)4)38(20-23-18-36-19-26(23)35)32(39)27-12-9-15-40-27/h5-8,10-11,13-14,17,23,26-27,30,36H,1,9,12,15-16,18-20H2,2-4H3/t23-,26-,27?,30-/m0/s1. The predicted octanol–water partition coefficient (Wildman–Crippen LogP) is 6.84. The molecule has 0 bridgehead atoms. The smallest absolute Gasteiger partial charge is 0.252 e. The topological polar surface area (TPSA) is 54.5 Å². The molecule has 5 rings (SSSR count). The molecule has 2 aliphatic heterocycles. The lowest BCUT2D eigenvalue weighted by molar-refractivity contribution is -0.147. The number of carbonyl (C=O) groups excluding carboxylic acids is 1. The molecular formula is C33H39F2N3O2S. The first-order valence-corrected chi connectivity index (χ1v) is 15.2. The van der Waals surface area contributed by atoms with E-state index < -0.39 is 23.7 Å². The van der Waals surface area contributed by atoms with Crippen LogP contribution in [0.5, 0.6) is 0 Å². The summed E-state index contributed by atoms with van der Waals surface area (Å²) in [6, 6.07) is 14.3. The molecule has 8 heteroatoms. The average molecular weight is 580 g/mol. The van der Waals surface area contributed by atoms with E-state index in [-0.39, 0.29) is 30.7 Å². The Labute approximate surface area is 245 Å². The van der Waals surface area contributed by atoms with Crippen LogP contribution in [0.25, 0.3) is 16.6 Å². The van der Waals surface area contributed by atoms with Crippen LogP contribution in [0.3, 0.4) is 0 Å². The Hall–Kier alpha value is -2.94. The number of hydrogen-bond acceptors (Lipinski definition) is 5. The summed E-state index contributed by atoms with van der Waals surface area (Å²) in [6.45, 7) is 11.8. The number of alkyl halides is 1. The van der Waals surface area contributed by atoms with E-state index in [1.165, 1.54) is 23.5 Å². The van der Waals surface area contributed by atoms with E-state index in [1.807, 2.05) is 23.1 Å². The molecule has 4 atom stereocenters. The third-order valence-corrected chi connectivity index (χ3v) is 9.07. The van der Waals surface area contributed by atoms with Gasteiger partial charge in [0.05, 0.1) is 11.7 Å². The number of rotatable bonds is 9. The molecular weight excluding hydrogens is 540 g/mol. The summed E-state index contributed by atoms with van der Waals surface area (Å²) in [5.41, 5.74) is 2.90. The van der Waals surface area contributed by atoms with Crippen LogP contribution in [-0.2, 0) is 16.0 Å². The summed E-state index contributed by atoms with van der Waals surface area (Å²) in [4.78, 5) is 22.2. The highest BCUT2D eigenvalue weighted by molar-refractivity contribution is 7.15. The van der Waals surface area contributed by atoms with Crippen LogP contribution in [0.15, 0.2) is 55.1 Å². The van der Waals surface area contributed by atoms with Gasteiger partial charge in [-0.3, -0.25) is 4.79 Å². The highest BCUT2D eigenvalue weighted by Crippen LogP contribution is 2.45. The van der Waals surface area contributed by atoms with E-state index in [9.17, 15) is 13.6 Å². The molecule has 1 aromatic heterocycles. The highest BCUT2D eigenvalue weighted by Gasteiger charge is 2.43. The largest absolute Gasteiger partial charge is 0.368 e. The molecule has 41 heavy (non-hydrogen) atoms. The Morgan fingerprint density at radius 1 is 1.24 bits per heavy atom. The normalized spacial score (nSPS) is 21.6. The molecule has 0 radical (unpaired) electrons. The first-order valence-electron chi connectivity index (χ1n) is 14.4. The van der Waals surface area contributed by atoms with Crippen molar-refractivity contribution in [2.24, 2.45) is 11.3 Å². The summed E-state index contributed by atoms with van der Waals surface area (Å²) in [5.74, 6) is -0.784. The van der Waals surface area contributed by atoms with E-state index >= 15 is 0 Å². The Morgan fingerprint density at radius 2 is 2.02 bits per heavy atom. The minimum Gasteiger partial charge on any atom is -0.368 e. The second kappa shape index (κ2) is 12.5. The van der Waals surface area contributed by atoms with E-state index in [2.05, 4.69) is 44.8 Å². The number of carbonyl (C=O) groups is 1. The van der Waals surface area contributed by atoms with Crippen molar-refractivity contribution in [2.45, 2.75) is 58.4 Å². The number of ether oxygens (including phenoxy) is 1. The number of halogens is 2. The Bertz CT molecular complexity index is 1360. The van der Waals surface area contributed by atoms with Crippen molar-refractivity contribution in [1.29, 1.82) is 0 Å². The lowest BCUT2D eigenvalue weighted by atomic mass is 9.81. The van der Waals surface area contributed by atoms with Crippen LogP contribution >= 0.6 is 11.3 Å². The number of nitrogens with zero attached hydrogens (tertiary/aromatic N) is 2. The van der Waals surface area contributed by atoms with Crippen LogP contribution in [0, 0.1) is 17.2 Å². The number of hydrogen-bond donors (Lipinski definition) is 1. The minimum atomic E-state index is -1.03. The summed E-state index contributed by atoms with van der Waals surface area (Å²) < 4.78 is 35.3. The number of aromatic nitrogens is 1. The lowest BCUT2D eigenvalue weighted by Gasteiger charge is -2.42. The quantitative estimate of drug-likeness (QED) is 0.302. The fourth-order valence-corrected chi connectivity index (χ4v) is 7.09. The van der Waals surface area contributed by atoms with E-state index in [4.69, 9.17) is 9.72 Å². The summed E-state index contributed by atoms with van der Waals surface area (Å²) in [7, 11) is 0. The fourth-order valence-electron chi connectivity index (χ4n) is 5.93. The van der Waals surface area contributed by atoms with Crippen molar-refractivity contribution < 1.29 is 18.3 Å². The Kier molecular flexibility index (Phi) is 9.02. The molecule has 2 aromatic carbocycles. The number of benzene rings is 2. The molecule has 0 aliphatic carbocycles. The van der Waals surface area contributed by atoms with Gasteiger partial charge >= 0.3 is 0 Å². The first-order chi connectivity index (χ1) is 19.7. The van der Waals surface area contributed by atoms with Crippen molar-refractivity contribution in [1.82, 2.24) is 15.2 Å². The van der Waals surface area contributed by atoms with Crippen LogP contribution in [-0.4, -0.2) is 54.3 Å². The summed E-state index contributed by atoms with van der Waals surface area (Å²) in [5, 5.41) is 3.81. The third kappa shape index (κ3) is 6.60.